The molecule has 0 saturated carbocycles. The van der Waals surface area contributed by atoms with E-state index < -0.39 is 15.9 Å². The van der Waals surface area contributed by atoms with Crippen LogP contribution in [0.1, 0.15) is 30.5 Å². The van der Waals surface area contributed by atoms with Crippen LogP contribution in [0.4, 0.5) is 5.69 Å². The standard InChI is InChI=1S/C20H25ClN2O4S/c1-5-18(15-9-10-19(27-3)14(2)11-15)22-20(24)13-23(28(4,25)26)17-8-6-7-16(21)12-17/h6-12,18H,5,13H2,1-4H3,(H,22,24)/t18-/m0/s1. The van der Waals surface area contributed by atoms with Crippen LogP contribution in [0.5, 0.6) is 5.75 Å². The van der Waals surface area contributed by atoms with Crippen LogP contribution in [0.2, 0.25) is 5.02 Å². The Labute approximate surface area is 171 Å². The summed E-state index contributed by atoms with van der Waals surface area (Å²) >= 11 is 5.97. The Kier molecular flexibility index (Phi) is 7.32. The summed E-state index contributed by atoms with van der Waals surface area (Å²) in [5.41, 5.74) is 2.24. The number of anilines is 1. The number of sulfonamides is 1. The van der Waals surface area contributed by atoms with E-state index in [2.05, 4.69) is 5.32 Å². The van der Waals surface area contributed by atoms with Crippen molar-refractivity contribution in [1.82, 2.24) is 5.32 Å². The van der Waals surface area contributed by atoms with Crippen molar-refractivity contribution in [2.75, 3.05) is 24.2 Å². The molecule has 1 atom stereocenters. The quantitative estimate of drug-likeness (QED) is 0.701. The Balaban J connectivity index is 2.20. The highest BCUT2D eigenvalue weighted by Crippen LogP contribution is 2.25. The minimum atomic E-state index is -3.66. The van der Waals surface area contributed by atoms with Gasteiger partial charge in [-0.2, -0.15) is 0 Å². The molecule has 28 heavy (non-hydrogen) atoms. The van der Waals surface area contributed by atoms with Crippen LogP contribution in [0, 0.1) is 6.92 Å². The van der Waals surface area contributed by atoms with Crippen LogP contribution in [0.15, 0.2) is 42.5 Å². The monoisotopic (exact) mass is 424 g/mol. The third-order valence-corrected chi connectivity index (χ3v) is 5.72. The molecule has 0 radical (unpaired) electrons. The zero-order valence-corrected chi connectivity index (χ0v) is 18.0. The maximum atomic E-state index is 12.6. The summed E-state index contributed by atoms with van der Waals surface area (Å²) in [5, 5.41) is 3.31. The highest BCUT2D eigenvalue weighted by atomic mass is 35.5. The maximum Gasteiger partial charge on any atom is 0.241 e. The first-order chi connectivity index (χ1) is 13.2. The molecule has 8 heteroatoms. The van der Waals surface area contributed by atoms with Crippen molar-refractivity contribution >= 4 is 33.2 Å². The first-order valence-corrected chi connectivity index (χ1v) is 11.1. The third kappa shape index (κ3) is 5.62. The van der Waals surface area contributed by atoms with E-state index in [-0.39, 0.29) is 12.6 Å². The van der Waals surface area contributed by atoms with Gasteiger partial charge in [0.2, 0.25) is 15.9 Å². The van der Waals surface area contributed by atoms with Crippen LogP contribution in [-0.4, -0.2) is 34.2 Å². The van der Waals surface area contributed by atoms with Gasteiger partial charge in [-0.15, -0.1) is 0 Å². The Morgan fingerprint density at radius 3 is 2.50 bits per heavy atom. The van der Waals surface area contributed by atoms with Crippen LogP contribution in [0.25, 0.3) is 0 Å². The van der Waals surface area contributed by atoms with Crippen molar-refractivity contribution in [3.05, 3.63) is 58.6 Å². The van der Waals surface area contributed by atoms with Gasteiger partial charge in [-0.05, 0) is 48.7 Å². The van der Waals surface area contributed by atoms with Gasteiger partial charge in [0.05, 0.1) is 25.1 Å². The molecule has 2 aromatic rings. The summed E-state index contributed by atoms with van der Waals surface area (Å²) in [5.74, 6) is 0.375. The van der Waals surface area contributed by atoms with Crippen molar-refractivity contribution in [1.29, 1.82) is 0 Å². The zero-order valence-electron chi connectivity index (χ0n) is 16.4. The fourth-order valence-electron chi connectivity index (χ4n) is 2.94. The lowest BCUT2D eigenvalue weighted by molar-refractivity contribution is -0.120. The Morgan fingerprint density at radius 1 is 1.25 bits per heavy atom. The molecule has 2 rings (SSSR count). The van der Waals surface area contributed by atoms with Crippen molar-refractivity contribution in [2.45, 2.75) is 26.3 Å². The average Bonchev–Trinajstić information content (AvgIpc) is 2.63. The fourth-order valence-corrected chi connectivity index (χ4v) is 3.97. The molecular weight excluding hydrogens is 400 g/mol. The van der Waals surface area contributed by atoms with Crippen LogP contribution in [-0.2, 0) is 14.8 Å². The van der Waals surface area contributed by atoms with E-state index in [0.717, 1.165) is 27.4 Å². The molecule has 0 aliphatic rings. The summed E-state index contributed by atoms with van der Waals surface area (Å²) in [6.45, 7) is 3.56. The van der Waals surface area contributed by atoms with E-state index in [1.165, 1.54) is 6.07 Å². The van der Waals surface area contributed by atoms with Gasteiger partial charge in [0.15, 0.2) is 0 Å². The molecule has 0 saturated heterocycles. The molecular formula is C20H25ClN2O4S. The van der Waals surface area contributed by atoms with Gasteiger partial charge in [-0.25, -0.2) is 8.42 Å². The molecule has 0 bridgehead atoms. The highest BCUT2D eigenvalue weighted by Gasteiger charge is 2.23. The Morgan fingerprint density at radius 2 is 1.96 bits per heavy atom. The van der Waals surface area contributed by atoms with E-state index in [0.29, 0.717) is 17.1 Å². The van der Waals surface area contributed by atoms with E-state index in [1.54, 1.807) is 25.3 Å². The van der Waals surface area contributed by atoms with E-state index >= 15 is 0 Å². The number of hydrogen-bond acceptors (Lipinski definition) is 4. The van der Waals surface area contributed by atoms with Crippen molar-refractivity contribution in [2.24, 2.45) is 0 Å². The Hall–Kier alpha value is -2.25. The lowest BCUT2D eigenvalue weighted by Crippen LogP contribution is -2.41. The molecule has 0 aliphatic carbocycles. The lowest BCUT2D eigenvalue weighted by Gasteiger charge is -2.24. The fraction of sp³-hybridized carbons (Fsp3) is 0.350. The first kappa shape index (κ1) is 22.0. The van der Waals surface area contributed by atoms with Gasteiger partial charge in [0, 0.05) is 5.02 Å². The predicted octanol–water partition coefficient (Wildman–Crippen LogP) is 3.69. The second kappa shape index (κ2) is 9.30. The number of halogens is 1. The number of carbonyl (C=O) groups excluding carboxylic acids is 1. The number of hydrogen-bond donors (Lipinski definition) is 1. The largest absolute Gasteiger partial charge is 0.496 e. The number of methoxy groups -OCH3 is 1. The van der Waals surface area contributed by atoms with E-state index in [1.807, 2.05) is 32.0 Å². The predicted molar refractivity (Wildman–Crippen MR) is 113 cm³/mol. The van der Waals surface area contributed by atoms with Gasteiger partial charge in [-0.1, -0.05) is 36.7 Å². The Bertz CT molecular complexity index is 947. The van der Waals surface area contributed by atoms with Crippen molar-refractivity contribution < 1.29 is 17.9 Å². The number of benzene rings is 2. The molecule has 1 N–H and O–H groups in total. The van der Waals surface area contributed by atoms with Crippen LogP contribution >= 0.6 is 11.6 Å². The average molecular weight is 425 g/mol. The van der Waals surface area contributed by atoms with E-state index in [4.69, 9.17) is 16.3 Å². The second-order valence-electron chi connectivity index (χ2n) is 6.51. The number of nitrogens with zero attached hydrogens (tertiary/aromatic N) is 1. The third-order valence-electron chi connectivity index (χ3n) is 4.35. The number of aryl methyl sites for hydroxylation is 1. The minimum absolute atomic E-state index is 0.238. The lowest BCUT2D eigenvalue weighted by atomic mass is 10.0. The topological polar surface area (TPSA) is 75.7 Å². The zero-order chi connectivity index (χ0) is 20.9. The molecule has 0 heterocycles. The maximum absolute atomic E-state index is 12.6. The molecule has 2 aromatic carbocycles. The summed E-state index contributed by atoms with van der Waals surface area (Å²) in [6.07, 6.45) is 1.72. The summed E-state index contributed by atoms with van der Waals surface area (Å²) in [7, 11) is -2.05. The minimum Gasteiger partial charge on any atom is -0.496 e. The molecule has 6 nitrogen and oxygen atoms in total. The van der Waals surface area contributed by atoms with E-state index in [9.17, 15) is 13.2 Å². The number of ether oxygens (including phenoxy) is 1. The number of amides is 1. The van der Waals surface area contributed by atoms with Gasteiger partial charge >= 0.3 is 0 Å². The molecule has 0 aromatic heterocycles. The molecule has 0 spiro atoms. The molecule has 1 amide bonds. The summed E-state index contributed by atoms with van der Waals surface area (Å²) < 4.78 is 30.7. The second-order valence-corrected chi connectivity index (χ2v) is 8.85. The molecule has 0 fully saturated rings. The number of carbonyl (C=O) groups is 1. The van der Waals surface area contributed by atoms with Crippen molar-refractivity contribution in [3.8, 4) is 5.75 Å². The number of nitrogens with one attached hydrogen (secondary N) is 1. The highest BCUT2D eigenvalue weighted by molar-refractivity contribution is 7.92. The van der Waals surface area contributed by atoms with Crippen LogP contribution < -0.4 is 14.4 Å². The number of rotatable bonds is 8. The van der Waals surface area contributed by atoms with Gasteiger partial charge in [0.25, 0.3) is 0 Å². The smallest absolute Gasteiger partial charge is 0.241 e. The van der Waals surface area contributed by atoms with Gasteiger partial charge < -0.3 is 10.1 Å². The molecule has 0 aliphatic heterocycles. The molecule has 0 unspecified atom stereocenters. The van der Waals surface area contributed by atoms with Gasteiger partial charge in [-0.3, -0.25) is 9.10 Å². The van der Waals surface area contributed by atoms with Crippen molar-refractivity contribution in [3.63, 3.8) is 0 Å². The SMILES string of the molecule is CC[C@H](NC(=O)CN(c1cccc(Cl)c1)S(C)(=O)=O)c1ccc(OC)c(C)c1. The normalized spacial score (nSPS) is 12.3. The van der Waals surface area contributed by atoms with Gasteiger partial charge in [0.1, 0.15) is 12.3 Å². The van der Waals surface area contributed by atoms with Crippen LogP contribution in [0.3, 0.4) is 0 Å². The first-order valence-electron chi connectivity index (χ1n) is 8.83. The summed E-state index contributed by atoms with van der Waals surface area (Å²) in [6, 6.07) is 11.9. The summed E-state index contributed by atoms with van der Waals surface area (Å²) in [4.78, 5) is 12.6. The molecule has 152 valence electrons.